The fourth-order valence-electron chi connectivity index (χ4n) is 6.00. The molecule has 5 rings (SSSR count). The van der Waals surface area contributed by atoms with Crippen molar-refractivity contribution in [3.63, 3.8) is 0 Å². The number of ether oxygens (including phenoxy) is 3. The highest BCUT2D eigenvalue weighted by atomic mass is 19.4. The lowest BCUT2D eigenvalue weighted by atomic mass is 9.76. The number of benzene rings is 2. The Balaban J connectivity index is 1.51. The van der Waals surface area contributed by atoms with Crippen LogP contribution in [-0.4, -0.2) is 41.9 Å². The first-order chi connectivity index (χ1) is 17.7. The van der Waals surface area contributed by atoms with E-state index in [-0.39, 0.29) is 23.6 Å². The van der Waals surface area contributed by atoms with Gasteiger partial charge in [0.25, 0.3) is 0 Å². The second kappa shape index (κ2) is 9.48. The van der Waals surface area contributed by atoms with Crippen LogP contribution in [0.4, 0.5) is 17.6 Å². The molecule has 0 unspecified atom stereocenters. The van der Waals surface area contributed by atoms with Crippen LogP contribution in [-0.2, 0) is 20.4 Å². The number of carbonyl (C=O) groups is 1. The Morgan fingerprint density at radius 2 is 1.92 bits per heavy atom. The zero-order chi connectivity index (χ0) is 26.4. The van der Waals surface area contributed by atoms with Gasteiger partial charge in [0.05, 0.1) is 32.3 Å². The van der Waals surface area contributed by atoms with Crippen LogP contribution in [0.5, 0.6) is 5.75 Å². The number of hydrogen-bond acceptors (Lipinski definition) is 5. The molecule has 10 heteroatoms. The molecule has 4 atom stereocenters. The van der Waals surface area contributed by atoms with Crippen molar-refractivity contribution >= 4 is 5.97 Å². The van der Waals surface area contributed by atoms with Crippen molar-refractivity contribution in [2.45, 2.75) is 42.9 Å². The van der Waals surface area contributed by atoms with E-state index in [9.17, 15) is 22.4 Å². The van der Waals surface area contributed by atoms with Crippen molar-refractivity contribution in [3.05, 3.63) is 77.6 Å². The van der Waals surface area contributed by atoms with Gasteiger partial charge in [-0.15, -0.1) is 0 Å². The summed E-state index contributed by atoms with van der Waals surface area (Å²) < 4.78 is 72.2. The minimum atomic E-state index is -4.61. The average molecular weight is 519 g/mol. The maximum absolute atomic E-state index is 13.7. The molecule has 2 aromatic carbocycles. The van der Waals surface area contributed by atoms with Crippen molar-refractivity contribution in [3.8, 4) is 11.4 Å². The molecule has 1 saturated carbocycles. The molecule has 0 N–H and O–H groups in total. The number of hydrogen-bond donors (Lipinski definition) is 0. The van der Waals surface area contributed by atoms with Crippen LogP contribution in [0.15, 0.2) is 54.9 Å². The van der Waals surface area contributed by atoms with Gasteiger partial charge in [0.1, 0.15) is 11.6 Å². The minimum Gasteiger partial charge on any atom is -0.496 e. The zero-order valence-corrected chi connectivity index (χ0v) is 20.3. The Bertz CT molecular complexity index is 1290. The van der Waals surface area contributed by atoms with E-state index in [1.807, 2.05) is 0 Å². The molecule has 1 aliphatic heterocycles. The summed E-state index contributed by atoms with van der Waals surface area (Å²) in [6.45, 7) is 0.293. The Morgan fingerprint density at radius 1 is 1.16 bits per heavy atom. The molecule has 37 heavy (non-hydrogen) atoms. The van der Waals surface area contributed by atoms with Gasteiger partial charge in [-0.3, -0.25) is 9.36 Å². The summed E-state index contributed by atoms with van der Waals surface area (Å²) in [5.74, 6) is -2.23. The highest BCUT2D eigenvalue weighted by Gasteiger charge is 2.56. The van der Waals surface area contributed by atoms with Crippen LogP contribution in [0, 0.1) is 11.7 Å². The maximum atomic E-state index is 13.7. The SMILES string of the molecule is COC(=O)[C@H]1CC[C@@]2(C[C@@H](c3cc(-n4ccnc4C(F)(F)F)ccc3OC)CO2)[C@@H]1c1ccc(F)cc1. The van der Waals surface area contributed by atoms with Crippen LogP contribution in [0.2, 0.25) is 0 Å². The molecule has 2 heterocycles. The molecule has 1 spiro atoms. The third-order valence-corrected chi connectivity index (χ3v) is 7.57. The van der Waals surface area contributed by atoms with E-state index in [1.165, 1.54) is 32.5 Å². The summed E-state index contributed by atoms with van der Waals surface area (Å²) in [5.41, 5.74) is 1.08. The van der Waals surface area contributed by atoms with E-state index in [0.717, 1.165) is 16.3 Å². The summed E-state index contributed by atoms with van der Waals surface area (Å²) in [6, 6.07) is 10.9. The number of halogens is 4. The summed E-state index contributed by atoms with van der Waals surface area (Å²) in [7, 11) is 2.85. The number of rotatable bonds is 5. The fourth-order valence-corrected chi connectivity index (χ4v) is 6.00. The second-order valence-corrected chi connectivity index (χ2v) is 9.52. The summed E-state index contributed by atoms with van der Waals surface area (Å²) >= 11 is 0. The number of imidazole rings is 1. The lowest BCUT2D eigenvalue weighted by molar-refractivity contribution is -0.147. The van der Waals surface area contributed by atoms with Crippen molar-refractivity contribution < 1.29 is 36.6 Å². The highest BCUT2D eigenvalue weighted by Crippen LogP contribution is 2.57. The number of nitrogens with zero attached hydrogens (tertiary/aromatic N) is 2. The van der Waals surface area contributed by atoms with Gasteiger partial charge < -0.3 is 14.2 Å². The van der Waals surface area contributed by atoms with Gasteiger partial charge in [-0.05, 0) is 55.2 Å². The number of esters is 1. The van der Waals surface area contributed by atoms with Crippen molar-refractivity contribution in [2.75, 3.05) is 20.8 Å². The standard InChI is InChI=1S/C27H26F4N2O4/c1-35-22-8-7-19(33-12-11-32-25(33)27(29,30)31)13-21(22)17-14-26(37-15-17)10-9-20(24(34)36-2)23(26)16-3-5-18(28)6-4-16/h3-8,11-13,17,20,23H,9-10,14-15H2,1-2H3/t17-,20+,23-,26-/m1/s1. The van der Waals surface area contributed by atoms with Crippen LogP contribution < -0.4 is 4.74 Å². The van der Waals surface area contributed by atoms with Crippen LogP contribution in [0.25, 0.3) is 5.69 Å². The molecule has 0 bridgehead atoms. The average Bonchev–Trinajstić information content (AvgIpc) is 3.63. The van der Waals surface area contributed by atoms with E-state index < -0.39 is 23.5 Å². The van der Waals surface area contributed by atoms with Gasteiger partial charge in [0, 0.05) is 35.5 Å². The second-order valence-electron chi connectivity index (χ2n) is 9.52. The van der Waals surface area contributed by atoms with Gasteiger partial charge in [0.15, 0.2) is 0 Å². The molecule has 1 saturated heterocycles. The number of alkyl halides is 3. The molecule has 2 aliphatic rings. The quantitative estimate of drug-likeness (QED) is 0.323. The predicted octanol–water partition coefficient (Wildman–Crippen LogP) is 5.65. The lowest BCUT2D eigenvalue weighted by Crippen LogP contribution is -2.35. The lowest BCUT2D eigenvalue weighted by Gasteiger charge is -2.33. The predicted molar refractivity (Wildman–Crippen MR) is 125 cm³/mol. The third-order valence-electron chi connectivity index (χ3n) is 7.57. The smallest absolute Gasteiger partial charge is 0.450 e. The van der Waals surface area contributed by atoms with Crippen molar-refractivity contribution in [1.29, 1.82) is 0 Å². The van der Waals surface area contributed by atoms with E-state index in [0.29, 0.717) is 42.9 Å². The zero-order valence-electron chi connectivity index (χ0n) is 20.3. The monoisotopic (exact) mass is 518 g/mol. The first-order valence-corrected chi connectivity index (χ1v) is 11.9. The number of aromatic nitrogens is 2. The van der Waals surface area contributed by atoms with Crippen molar-refractivity contribution in [2.24, 2.45) is 5.92 Å². The van der Waals surface area contributed by atoms with Crippen molar-refractivity contribution in [1.82, 2.24) is 9.55 Å². The van der Waals surface area contributed by atoms with Gasteiger partial charge in [0.2, 0.25) is 5.82 Å². The Kier molecular flexibility index (Phi) is 6.47. The first kappa shape index (κ1) is 25.3. The molecule has 1 aliphatic carbocycles. The van der Waals surface area contributed by atoms with Gasteiger partial charge >= 0.3 is 12.1 Å². The normalized spacial score (nSPS) is 25.5. The highest BCUT2D eigenvalue weighted by molar-refractivity contribution is 5.74. The van der Waals surface area contributed by atoms with Crippen LogP contribution >= 0.6 is 0 Å². The molecule has 6 nitrogen and oxygen atoms in total. The van der Waals surface area contributed by atoms with E-state index >= 15 is 0 Å². The van der Waals surface area contributed by atoms with Crippen LogP contribution in [0.1, 0.15) is 48.0 Å². The van der Waals surface area contributed by atoms with E-state index in [4.69, 9.17) is 14.2 Å². The number of methoxy groups -OCH3 is 2. The Labute approximate surface area is 211 Å². The van der Waals surface area contributed by atoms with E-state index in [1.54, 1.807) is 30.3 Å². The van der Waals surface area contributed by atoms with Gasteiger partial charge in [-0.1, -0.05) is 12.1 Å². The molecule has 196 valence electrons. The Hall–Kier alpha value is -3.40. The molecule has 1 aromatic heterocycles. The summed E-state index contributed by atoms with van der Waals surface area (Å²) in [4.78, 5) is 16.2. The van der Waals surface area contributed by atoms with Crippen LogP contribution in [0.3, 0.4) is 0 Å². The van der Waals surface area contributed by atoms with Gasteiger partial charge in [-0.25, -0.2) is 9.37 Å². The fraction of sp³-hybridized carbons (Fsp3) is 0.407. The molecular formula is C27H26F4N2O4. The topological polar surface area (TPSA) is 62.6 Å². The maximum Gasteiger partial charge on any atom is 0.450 e. The molecule has 3 aromatic rings. The summed E-state index contributed by atoms with van der Waals surface area (Å²) in [5, 5.41) is 0. The molecule has 0 radical (unpaired) electrons. The number of carbonyl (C=O) groups excluding carboxylic acids is 1. The Morgan fingerprint density at radius 3 is 2.59 bits per heavy atom. The molecule has 2 fully saturated rings. The molecule has 0 amide bonds. The minimum absolute atomic E-state index is 0.202. The third kappa shape index (κ3) is 4.47. The first-order valence-electron chi connectivity index (χ1n) is 11.9. The van der Waals surface area contributed by atoms with Gasteiger partial charge in [-0.2, -0.15) is 13.2 Å². The van der Waals surface area contributed by atoms with E-state index in [2.05, 4.69) is 4.98 Å². The summed E-state index contributed by atoms with van der Waals surface area (Å²) in [6.07, 6.45) is -0.587. The largest absolute Gasteiger partial charge is 0.496 e. The molecular weight excluding hydrogens is 492 g/mol.